The number of amides is 1. The summed E-state index contributed by atoms with van der Waals surface area (Å²) in [6.45, 7) is 2.04. The van der Waals surface area contributed by atoms with Gasteiger partial charge in [0.1, 0.15) is 9.84 Å². The van der Waals surface area contributed by atoms with Crippen molar-refractivity contribution in [3.05, 3.63) is 29.3 Å². The summed E-state index contributed by atoms with van der Waals surface area (Å²) in [5, 5.41) is 0. The molecule has 0 spiro atoms. The lowest BCUT2D eigenvalue weighted by atomic mass is 10.1. The fourth-order valence-corrected chi connectivity index (χ4v) is 2.09. The molecule has 1 amide bonds. The zero-order valence-electron chi connectivity index (χ0n) is 10.8. The van der Waals surface area contributed by atoms with Crippen LogP contribution in [0.4, 0.5) is 5.69 Å². The van der Waals surface area contributed by atoms with E-state index in [1.165, 1.54) is 4.90 Å². The summed E-state index contributed by atoms with van der Waals surface area (Å²) in [6.07, 6.45) is 1.14. The molecule has 0 saturated heterocycles. The van der Waals surface area contributed by atoms with Crippen LogP contribution in [0.2, 0.25) is 0 Å². The molecular formula is C12H18N2O3S. The van der Waals surface area contributed by atoms with Gasteiger partial charge in [-0.2, -0.15) is 0 Å². The van der Waals surface area contributed by atoms with Crippen molar-refractivity contribution < 1.29 is 13.2 Å². The molecule has 0 aliphatic carbocycles. The molecule has 1 rings (SSSR count). The van der Waals surface area contributed by atoms with Crippen molar-refractivity contribution in [2.75, 3.05) is 31.3 Å². The number of sulfone groups is 1. The van der Waals surface area contributed by atoms with Gasteiger partial charge in [0, 0.05) is 25.5 Å². The van der Waals surface area contributed by atoms with E-state index in [4.69, 9.17) is 5.73 Å². The average Bonchev–Trinajstić information content (AvgIpc) is 2.24. The highest BCUT2D eigenvalue weighted by atomic mass is 32.2. The van der Waals surface area contributed by atoms with E-state index >= 15 is 0 Å². The molecular weight excluding hydrogens is 252 g/mol. The number of benzene rings is 1. The van der Waals surface area contributed by atoms with E-state index in [1.807, 2.05) is 6.92 Å². The average molecular weight is 270 g/mol. The second-order valence-corrected chi connectivity index (χ2v) is 6.71. The predicted octanol–water partition coefficient (Wildman–Crippen LogP) is 0.694. The summed E-state index contributed by atoms with van der Waals surface area (Å²) in [5.41, 5.74) is 7.56. The van der Waals surface area contributed by atoms with Crippen LogP contribution in [0.5, 0.6) is 0 Å². The van der Waals surface area contributed by atoms with Crippen LogP contribution in [0.1, 0.15) is 15.9 Å². The molecule has 0 unspecified atom stereocenters. The van der Waals surface area contributed by atoms with Gasteiger partial charge in [-0.1, -0.05) is 6.07 Å². The lowest BCUT2D eigenvalue weighted by molar-refractivity contribution is 0.0804. The van der Waals surface area contributed by atoms with Crippen LogP contribution in [0, 0.1) is 6.92 Å². The molecule has 1 aromatic rings. The third kappa shape index (κ3) is 4.03. The number of hydrogen-bond acceptors (Lipinski definition) is 4. The number of nitrogens with zero attached hydrogens (tertiary/aromatic N) is 1. The highest BCUT2D eigenvalue weighted by molar-refractivity contribution is 7.90. The Kier molecular flexibility index (Phi) is 4.34. The van der Waals surface area contributed by atoms with Crippen LogP contribution in [0.15, 0.2) is 18.2 Å². The third-order valence-corrected chi connectivity index (χ3v) is 3.51. The van der Waals surface area contributed by atoms with Gasteiger partial charge >= 0.3 is 0 Å². The topological polar surface area (TPSA) is 80.5 Å². The van der Waals surface area contributed by atoms with E-state index in [0.717, 1.165) is 11.8 Å². The summed E-state index contributed by atoms with van der Waals surface area (Å²) in [6, 6.07) is 5.18. The Bertz CT molecular complexity index is 552. The molecule has 100 valence electrons. The van der Waals surface area contributed by atoms with Crippen LogP contribution >= 0.6 is 0 Å². The smallest absolute Gasteiger partial charge is 0.255 e. The highest BCUT2D eigenvalue weighted by Crippen LogP contribution is 2.15. The Labute approximate surface area is 108 Å². The van der Waals surface area contributed by atoms with Gasteiger partial charge in [-0.05, 0) is 24.6 Å². The largest absolute Gasteiger partial charge is 0.398 e. The Hall–Kier alpha value is -1.56. The Morgan fingerprint density at radius 2 is 2.00 bits per heavy atom. The number of carbonyl (C=O) groups excluding carboxylic acids is 1. The van der Waals surface area contributed by atoms with Crippen molar-refractivity contribution in [1.82, 2.24) is 4.90 Å². The minimum Gasteiger partial charge on any atom is -0.398 e. The van der Waals surface area contributed by atoms with Gasteiger partial charge in [-0.15, -0.1) is 0 Å². The summed E-state index contributed by atoms with van der Waals surface area (Å²) >= 11 is 0. The van der Waals surface area contributed by atoms with Crippen LogP contribution in [-0.2, 0) is 9.84 Å². The Morgan fingerprint density at radius 3 is 2.50 bits per heavy atom. The zero-order chi connectivity index (χ0) is 13.9. The summed E-state index contributed by atoms with van der Waals surface area (Å²) in [7, 11) is -1.51. The van der Waals surface area contributed by atoms with Crippen molar-refractivity contribution in [3.63, 3.8) is 0 Å². The molecule has 0 fully saturated rings. The van der Waals surface area contributed by atoms with Gasteiger partial charge < -0.3 is 10.6 Å². The van der Waals surface area contributed by atoms with E-state index in [0.29, 0.717) is 11.3 Å². The maximum absolute atomic E-state index is 12.0. The molecule has 0 aromatic heterocycles. The van der Waals surface area contributed by atoms with Crippen LogP contribution in [0.25, 0.3) is 0 Å². The molecule has 0 heterocycles. The summed E-state index contributed by atoms with van der Waals surface area (Å²) < 4.78 is 22.1. The first-order valence-corrected chi connectivity index (χ1v) is 7.56. The minimum absolute atomic E-state index is 0.0546. The van der Waals surface area contributed by atoms with Gasteiger partial charge in [0.25, 0.3) is 5.91 Å². The van der Waals surface area contributed by atoms with E-state index in [-0.39, 0.29) is 18.2 Å². The zero-order valence-corrected chi connectivity index (χ0v) is 11.6. The second-order valence-electron chi connectivity index (χ2n) is 4.45. The second kappa shape index (κ2) is 5.39. The van der Waals surface area contributed by atoms with Gasteiger partial charge in [-0.25, -0.2) is 8.42 Å². The number of aryl methyl sites for hydroxylation is 1. The molecule has 5 nitrogen and oxygen atoms in total. The number of carbonyl (C=O) groups is 1. The molecule has 0 atom stereocenters. The molecule has 0 saturated carbocycles. The van der Waals surface area contributed by atoms with E-state index in [9.17, 15) is 13.2 Å². The molecule has 2 N–H and O–H groups in total. The lowest BCUT2D eigenvalue weighted by Crippen LogP contribution is -2.31. The van der Waals surface area contributed by atoms with Gasteiger partial charge in [0.2, 0.25) is 0 Å². The van der Waals surface area contributed by atoms with Crippen molar-refractivity contribution in [3.8, 4) is 0 Å². The molecule has 1 aromatic carbocycles. The standard InChI is InChI=1S/C12H18N2O3S/c1-9-4-5-10(11(13)8-9)12(15)14(2)6-7-18(3,16)17/h4-5,8H,6-7,13H2,1-3H3. The van der Waals surface area contributed by atoms with E-state index in [2.05, 4.69) is 0 Å². The quantitative estimate of drug-likeness (QED) is 0.816. The molecule has 0 radical (unpaired) electrons. The monoisotopic (exact) mass is 270 g/mol. The first kappa shape index (κ1) is 14.5. The highest BCUT2D eigenvalue weighted by Gasteiger charge is 2.15. The number of hydrogen-bond donors (Lipinski definition) is 1. The van der Waals surface area contributed by atoms with Crippen molar-refractivity contribution in [2.45, 2.75) is 6.92 Å². The van der Waals surface area contributed by atoms with Crippen LogP contribution in [0.3, 0.4) is 0 Å². The normalized spacial score (nSPS) is 11.3. The first-order chi connectivity index (χ1) is 8.20. The maximum atomic E-state index is 12.0. The lowest BCUT2D eigenvalue weighted by Gasteiger charge is -2.17. The minimum atomic E-state index is -3.08. The van der Waals surface area contributed by atoms with E-state index in [1.54, 1.807) is 25.2 Å². The molecule has 0 bridgehead atoms. The molecule has 0 aliphatic rings. The third-order valence-electron chi connectivity index (χ3n) is 2.58. The molecule has 18 heavy (non-hydrogen) atoms. The fourth-order valence-electron chi connectivity index (χ4n) is 1.49. The number of anilines is 1. The Balaban J connectivity index is 2.80. The van der Waals surface area contributed by atoms with Crippen molar-refractivity contribution >= 4 is 21.4 Å². The number of nitrogens with two attached hydrogens (primary N) is 1. The van der Waals surface area contributed by atoms with Crippen molar-refractivity contribution in [2.24, 2.45) is 0 Å². The molecule has 0 aliphatic heterocycles. The SMILES string of the molecule is Cc1ccc(C(=O)N(C)CCS(C)(=O)=O)c(N)c1. The fraction of sp³-hybridized carbons (Fsp3) is 0.417. The summed E-state index contributed by atoms with van der Waals surface area (Å²) in [5.74, 6) is -0.322. The number of rotatable bonds is 4. The van der Waals surface area contributed by atoms with Crippen molar-refractivity contribution in [1.29, 1.82) is 0 Å². The van der Waals surface area contributed by atoms with E-state index < -0.39 is 9.84 Å². The first-order valence-electron chi connectivity index (χ1n) is 5.50. The maximum Gasteiger partial charge on any atom is 0.255 e. The number of nitrogen functional groups attached to an aromatic ring is 1. The van der Waals surface area contributed by atoms with Crippen LogP contribution < -0.4 is 5.73 Å². The van der Waals surface area contributed by atoms with Crippen LogP contribution in [-0.4, -0.2) is 44.8 Å². The summed E-state index contributed by atoms with van der Waals surface area (Å²) in [4.78, 5) is 13.4. The van der Waals surface area contributed by atoms with Gasteiger partial charge in [0.05, 0.1) is 11.3 Å². The Morgan fingerprint density at radius 1 is 1.39 bits per heavy atom. The predicted molar refractivity (Wildman–Crippen MR) is 72.3 cm³/mol. The van der Waals surface area contributed by atoms with Gasteiger partial charge in [-0.3, -0.25) is 4.79 Å². The molecule has 6 heteroatoms. The van der Waals surface area contributed by atoms with Gasteiger partial charge in [0.15, 0.2) is 0 Å².